The molecule has 138 valence electrons. The first-order valence-electron chi connectivity index (χ1n) is 10.4. The van der Waals surface area contributed by atoms with E-state index in [0.717, 1.165) is 31.1 Å². The SMILES string of the molecule is CC[C@H]1CC[C@H]2[C@@H]3CCC4CCC(O)C(O)(O)[C@]4(C)[C@H]3CC[C@]12C. The van der Waals surface area contributed by atoms with Crippen molar-refractivity contribution in [3.63, 3.8) is 0 Å². The van der Waals surface area contributed by atoms with Crippen LogP contribution in [0.4, 0.5) is 0 Å². The summed E-state index contributed by atoms with van der Waals surface area (Å²) >= 11 is 0. The van der Waals surface area contributed by atoms with E-state index in [2.05, 4.69) is 20.8 Å². The van der Waals surface area contributed by atoms with Crippen LogP contribution in [0.3, 0.4) is 0 Å². The molecular formula is C21H36O3. The smallest absolute Gasteiger partial charge is 0.195 e. The zero-order valence-electron chi connectivity index (χ0n) is 15.7. The van der Waals surface area contributed by atoms with Gasteiger partial charge in [0.25, 0.3) is 0 Å². The summed E-state index contributed by atoms with van der Waals surface area (Å²) in [6.07, 6.45) is 9.15. The standard InChI is InChI=1S/C21H36O3/c1-4-13-6-9-16-15-8-5-14-7-10-18(22)21(23,24)20(14,3)17(15)11-12-19(13,16)2/h13-18,22-24H,4-12H2,1-3H3/t13-,14?,15-,16-,17-,18?,19+,20-/m0/s1. The van der Waals surface area contributed by atoms with Gasteiger partial charge in [0.05, 0.1) is 0 Å². The Morgan fingerprint density at radius 2 is 1.58 bits per heavy atom. The van der Waals surface area contributed by atoms with Gasteiger partial charge in [-0.1, -0.05) is 27.2 Å². The van der Waals surface area contributed by atoms with Gasteiger partial charge in [0.2, 0.25) is 0 Å². The zero-order valence-corrected chi connectivity index (χ0v) is 15.7. The molecule has 4 aliphatic carbocycles. The molecule has 0 amide bonds. The van der Waals surface area contributed by atoms with Gasteiger partial charge in [-0.2, -0.15) is 0 Å². The molecule has 0 radical (unpaired) electrons. The highest BCUT2D eigenvalue weighted by Gasteiger charge is 2.67. The summed E-state index contributed by atoms with van der Waals surface area (Å²) in [5.74, 6) is 0.994. The van der Waals surface area contributed by atoms with E-state index in [1.807, 2.05) is 0 Å². The van der Waals surface area contributed by atoms with Crippen LogP contribution in [-0.4, -0.2) is 27.2 Å². The van der Waals surface area contributed by atoms with Crippen molar-refractivity contribution in [2.45, 2.75) is 90.4 Å². The Morgan fingerprint density at radius 3 is 2.29 bits per heavy atom. The Labute approximate surface area is 146 Å². The molecule has 4 aliphatic rings. The Kier molecular flexibility index (Phi) is 3.92. The lowest BCUT2D eigenvalue weighted by Crippen LogP contribution is -2.68. The van der Waals surface area contributed by atoms with Crippen LogP contribution in [0.25, 0.3) is 0 Å². The molecule has 4 saturated carbocycles. The lowest BCUT2D eigenvalue weighted by molar-refractivity contribution is -0.349. The minimum Gasteiger partial charge on any atom is -0.387 e. The third kappa shape index (κ3) is 1.95. The van der Waals surface area contributed by atoms with Gasteiger partial charge in [0.1, 0.15) is 6.10 Å². The van der Waals surface area contributed by atoms with Crippen LogP contribution in [0.2, 0.25) is 0 Å². The van der Waals surface area contributed by atoms with E-state index in [-0.39, 0.29) is 0 Å². The molecule has 4 fully saturated rings. The Morgan fingerprint density at radius 1 is 0.875 bits per heavy atom. The Balaban J connectivity index is 1.70. The van der Waals surface area contributed by atoms with Crippen molar-refractivity contribution in [1.29, 1.82) is 0 Å². The molecule has 24 heavy (non-hydrogen) atoms. The van der Waals surface area contributed by atoms with E-state index >= 15 is 0 Å². The maximum absolute atomic E-state index is 10.9. The largest absolute Gasteiger partial charge is 0.387 e. The number of rotatable bonds is 1. The number of hydrogen-bond donors (Lipinski definition) is 3. The first-order valence-corrected chi connectivity index (χ1v) is 10.4. The van der Waals surface area contributed by atoms with Crippen LogP contribution < -0.4 is 0 Å². The zero-order chi connectivity index (χ0) is 17.3. The fourth-order valence-electron chi connectivity index (χ4n) is 8.15. The van der Waals surface area contributed by atoms with Crippen LogP contribution in [0.15, 0.2) is 0 Å². The predicted octanol–water partition coefficient (Wildman–Crippen LogP) is 3.71. The minimum absolute atomic E-state index is 0.352. The van der Waals surface area contributed by atoms with Crippen molar-refractivity contribution in [3.8, 4) is 0 Å². The normalized spacial score (nSPS) is 56.2. The molecule has 0 aromatic heterocycles. The number of fused-ring (bicyclic) bond motifs is 5. The van der Waals surface area contributed by atoms with Gasteiger partial charge in [-0.05, 0) is 86.4 Å². The number of aliphatic hydroxyl groups excluding tert-OH is 1. The second-order valence-electron chi connectivity index (χ2n) is 9.98. The molecule has 0 heterocycles. The van der Waals surface area contributed by atoms with Crippen LogP contribution in [0.1, 0.15) is 78.6 Å². The topological polar surface area (TPSA) is 60.7 Å². The van der Waals surface area contributed by atoms with Gasteiger partial charge in [0, 0.05) is 5.41 Å². The molecule has 3 nitrogen and oxygen atoms in total. The Hall–Kier alpha value is -0.120. The molecule has 4 rings (SSSR count). The second kappa shape index (κ2) is 5.44. The number of hydrogen-bond acceptors (Lipinski definition) is 3. The highest BCUT2D eigenvalue weighted by Crippen LogP contribution is 2.69. The average molecular weight is 337 g/mol. The summed E-state index contributed by atoms with van der Waals surface area (Å²) in [7, 11) is 0. The van der Waals surface area contributed by atoms with Crippen molar-refractivity contribution in [1.82, 2.24) is 0 Å². The molecule has 0 spiro atoms. The van der Waals surface area contributed by atoms with Crippen molar-refractivity contribution in [2.24, 2.45) is 40.4 Å². The first kappa shape index (κ1) is 17.3. The van der Waals surface area contributed by atoms with Gasteiger partial charge in [0.15, 0.2) is 5.79 Å². The van der Waals surface area contributed by atoms with E-state index < -0.39 is 17.3 Å². The van der Waals surface area contributed by atoms with Gasteiger partial charge in [-0.25, -0.2) is 0 Å². The summed E-state index contributed by atoms with van der Waals surface area (Å²) < 4.78 is 0. The highest BCUT2D eigenvalue weighted by molar-refractivity contribution is 5.13. The van der Waals surface area contributed by atoms with E-state index in [9.17, 15) is 15.3 Å². The van der Waals surface area contributed by atoms with E-state index in [1.165, 1.54) is 32.1 Å². The maximum Gasteiger partial charge on any atom is 0.195 e. The first-order chi connectivity index (χ1) is 11.3. The third-order valence-corrected chi connectivity index (χ3v) is 9.64. The van der Waals surface area contributed by atoms with E-state index in [4.69, 9.17) is 0 Å². The number of aliphatic hydroxyl groups is 3. The maximum atomic E-state index is 10.9. The molecule has 0 aromatic carbocycles. The van der Waals surface area contributed by atoms with Crippen molar-refractivity contribution in [2.75, 3.05) is 0 Å². The van der Waals surface area contributed by atoms with Gasteiger partial charge < -0.3 is 15.3 Å². The Bertz CT molecular complexity index is 503. The predicted molar refractivity (Wildman–Crippen MR) is 94.1 cm³/mol. The molecule has 3 heteroatoms. The van der Waals surface area contributed by atoms with Crippen molar-refractivity contribution < 1.29 is 15.3 Å². The van der Waals surface area contributed by atoms with Gasteiger partial charge in [-0.15, -0.1) is 0 Å². The summed E-state index contributed by atoms with van der Waals surface area (Å²) in [6.45, 7) is 6.95. The quantitative estimate of drug-likeness (QED) is 0.640. The molecule has 0 saturated heterocycles. The third-order valence-electron chi connectivity index (χ3n) is 9.64. The molecule has 8 atom stereocenters. The van der Waals surface area contributed by atoms with Crippen LogP contribution >= 0.6 is 0 Å². The van der Waals surface area contributed by atoms with Crippen molar-refractivity contribution >= 4 is 0 Å². The molecular weight excluding hydrogens is 300 g/mol. The summed E-state index contributed by atoms with van der Waals surface area (Å²) in [5.41, 5.74) is -0.0841. The lowest BCUT2D eigenvalue weighted by atomic mass is 9.43. The monoisotopic (exact) mass is 336 g/mol. The molecule has 0 aromatic rings. The molecule has 0 bridgehead atoms. The van der Waals surface area contributed by atoms with E-state index in [1.54, 1.807) is 0 Å². The van der Waals surface area contributed by atoms with Gasteiger partial charge >= 0.3 is 0 Å². The van der Waals surface area contributed by atoms with Crippen LogP contribution in [-0.2, 0) is 0 Å². The fourth-order valence-corrected chi connectivity index (χ4v) is 8.15. The van der Waals surface area contributed by atoms with Crippen molar-refractivity contribution in [3.05, 3.63) is 0 Å². The van der Waals surface area contributed by atoms with Gasteiger partial charge in [-0.3, -0.25) is 0 Å². The minimum atomic E-state index is -1.92. The summed E-state index contributed by atoms with van der Waals surface area (Å²) in [5, 5.41) is 32.2. The molecule has 0 aliphatic heterocycles. The molecule has 3 N–H and O–H groups in total. The van der Waals surface area contributed by atoms with E-state index in [0.29, 0.717) is 29.6 Å². The fraction of sp³-hybridized carbons (Fsp3) is 1.00. The summed E-state index contributed by atoms with van der Waals surface area (Å²) in [6, 6.07) is 0. The summed E-state index contributed by atoms with van der Waals surface area (Å²) in [4.78, 5) is 0. The lowest BCUT2D eigenvalue weighted by Gasteiger charge is -2.64. The molecule has 2 unspecified atom stereocenters. The average Bonchev–Trinajstić information content (AvgIpc) is 2.89. The second-order valence-corrected chi connectivity index (χ2v) is 9.98. The highest BCUT2D eigenvalue weighted by atomic mass is 16.5. The van der Waals surface area contributed by atoms with Crippen LogP contribution in [0, 0.1) is 40.4 Å². The van der Waals surface area contributed by atoms with Crippen LogP contribution in [0.5, 0.6) is 0 Å².